The van der Waals surface area contributed by atoms with Gasteiger partial charge in [-0.15, -0.1) is 0 Å². The Labute approximate surface area is 563 Å². The summed E-state index contributed by atoms with van der Waals surface area (Å²) in [5, 5.41) is 23.4. The van der Waals surface area contributed by atoms with Crippen molar-refractivity contribution < 1.29 is 62.6 Å². The first-order valence-corrected chi connectivity index (χ1v) is 34.4. The number of rotatable bonds is 19. The molecule has 1 unspecified atom stereocenters. The molecule has 5 N–H and O–H groups in total. The van der Waals surface area contributed by atoms with Gasteiger partial charge in [0.1, 0.15) is 60.4 Å². The number of aliphatic hydroxyl groups is 1. The minimum atomic E-state index is -1.66. The zero-order valence-corrected chi connectivity index (χ0v) is 61.7. The lowest BCUT2D eigenvalue weighted by Crippen LogP contribution is -2.64. The Morgan fingerprint density at radius 2 is 0.904 bits per heavy atom. The topological polar surface area (TPSA) is 291 Å². The highest BCUT2D eigenvalue weighted by Crippen LogP contribution is 2.26. The second-order valence-corrected chi connectivity index (χ2v) is 28.9. The molecule has 0 aromatic heterocycles. The summed E-state index contributed by atoms with van der Waals surface area (Å²) >= 11 is 0. The van der Waals surface area contributed by atoms with Gasteiger partial charge in [0.15, 0.2) is 0 Å². The minimum absolute atomic E-state index is 0.00423. The quantitative estimate of drug-likeness (QED) is 0.114. The Balaban J connectivity index is 3.10. The number of carbonyl (C=O) groups is 11. The van der Waals surface area contributed by atoms with Crippen LogP contribution in [-0.4, -0.2) is 258 Å². The molecule has 25 nitrogen and oxygen atoms in total. The number of ether oxygens (including phenoxy) is 1. The molecule has 25 heteroatoms. The van der Waals surface area contributed by atoms with Crippen LogP contribution in [0.2, 0.25) is 0 Å². The number of piperidine rings is 1. The van der Waals surface area contributed by atoms with Crippen LogP contribution in [0.4, 0.5) is 0 Å². The highest BCUT2D eigenvalue weighted by Gasteiger charge is 2.47. The highest BCUT2D eigenvalue weighted by atomic mass is 16.5. The highest BCUT2D eigenvalue weighted by molar-refractivity contribution is 6.00. The van der Waals surface area contributed by atoms with Crippen LogP contribution in [0.3, 0.4) is 0 Å². The summed E-state index contributed by atoms with van der Waals surface area (Å²) in [5.41, 5.74) is 0. The van der Waals surface area contributed by atoms with E-state index in [4.69, 9.17) is 4.74 Å². The van der Waals surface area contributed by atoms with Gasteiger partial charge in [0.05, 0.1) is 12.7 Å². The molecule has 2 saturated heterocycles. The predicted octanol–water partition coefficient (Wildman–Crippen LogP) is 4.10. The minimum Gasteiger partial charge on any atom is -0.390 e. The first-order chi connectivity index (χ1) is 43.7. The van der Waals surface area contributed by atoms with Crippen molar-refractivity contribution in [2.75, 3.05) is 75.6 Å². The molecule has 11 amide bonds. The van der Waals surface area contributed by atoms with E-state index in [0.717, 1.165) is 42.2 Å². The Bertz CT molecular complexity index is 2560. The van der Waals surface area contributed by atoms with Gasteiger partial charge in [0.25, 0.3) is 5.91 Å². The van der Waals surface area contributed by atoms with Crippen molar-refractivity contribution in [3.05, 3.63) is 12.2 Å². The third-order valence-electron chi connectivity index (χ3n) is 18.3. The second-order valence-electron chi connectivity index (χ2n) is 28.9. The van der Waals surface area contributed by atoms with Gasteiger partial charge in [0, 0.05) is 55.9 Å². The number of carbonyl (C=O) groups excluding carboxylic acids is 11. The number of hydrogen-bond acceptors (Lipinski definition) is 14. The Morgan fingerprint density at radius 1 is 0.468 bits per heavy atom. The molecule has 2 fully saturated rings. The average molecular weight is 1330 g/mol. The van der Waals surface area contributed by atoms with Crippen molar-refractivity contribution >= 4 is 65.0 Å². The molecule has 2 heterocycles. The average Bonchev–Trinajstić information content (AvgIpc) is 0.838. The first kappa shape index (κ1) is 83.9. The van der Waals surface area contributed by atoms with E-state index in [1.807, 2.05) is 61.5 Å². The maximum Gasteiger partial charge on any atom is 0.273 e. The Hall–Kier alpha value is -6.21. The largest absolute Gasteiger partial charge is 0.390 e. The molecule has 0 saturated carbocycles. The molecule has 2 rings (SSSR count). The monoisotopic (exact) mass is 1330 g/mol. The van der Waals surface area contributed by atoms with Gasteiger partial charge in [-0.05, 0) is 127 Å². The van der Waals surface area contributed by atoms with Gasteiger partial charge < -0.3 is 70.3 Å². The molecule has 0 spiro atoms. The lowest BCUT2D eigenvalue weighted by molar-refractivity contribution is -0.168. The van der Waals surface area contributed by atoms with Crippen LogP contribution in [0.25, 0.3) is 0 Å². The van der Waals surface area contributed by atoms with E-state index in [1.165, 1.54) is 87.7 Å². The third-order valence-corrected chi connectivity index (χ3v) is 18.3. The lowest BCUT2D eigenvalue weighted by Gasteiger charge is -2.41. The number of likely N-dealkylation sites (N-methyl/N-ethyl adjacent to an activating group) is 7. The number of aliphatic hydroxyl groups excluding tert-OH is 1. The SMILES string of the molecule is C/C=C/C[C@@H](C)[C@@H](O)[C@H]1C(=O)N[C@@H](CC)C(=O)N(C)C(OCCN2CCCCC2)C(=O)N(C)[C@@H](CC(C)C)C(=O)N[C@@H](C(C)C)C(=O)N(C)[C@@H](CC(C)C)C(=O)N[C@@H](C)C(=O)N[C@H](C)C(=O)N(C)[C@@H](CC(C)C)C(=O)N(C)[C@@H](CC(C)C)C(=O)N(C)[C@@H](C(C)C)C(=O)N1C. The van der Waals surface area contributed by atoms with Gasteiger partial charge >= 0.3 is 0 Å². The molecule has 2 aliphatic heterocycles. The maximum absolute atomic E-state index is 15.4. The standard InChI is InChI=1S/C69H124N12O13/c1-25-27-31-46(15)57(82)56-61(86)72-49(26-2)63(88)80(24)69(94-35-34-81-32-29-28-30-33-81)68(93)75(19)51(37-41(5)6)60(85)73-54(44(11)12)66(91)74(18)50(36-40(3)4)59(84)70-47(16)58(83)71-48(17)62(87)76(20)52(38-42(7)8)64(89)77(21)53(39-43(9)10)65(90)78(22)55(45(13)14)67(92)79(56)23/h25,27,40-57,69,82H,26,28-39H2,1-24H3,(H,70,84)(H,71,83)(H,72,86)(H,73,85)/b27-25+/t46-,47+,48-,49+,50+,51+,52+,53+,54+,55+,56+,57-,69?/m1/s1. The molecule has 0 aromatic carbocycles. The van der Waals surface area contributed by atoms with E-state index < -0.39 is 155 Å². The van der Waals surface area contributed by atoms with Crippen LogP contribution < -0.4 is 21.3 Å². The van der Waals surface area contributed by atoms with E-state index in [-0.39, 0.29) is 62.4 Å². The molecular formula is C69H124N12O13. The van der Waals surface area contributed by atoms with Crippen LogP contribution in [0.15, 0.2) is 12.2 Å². The van der Waals surface area contributed by atoms with Crippen molar-refractivity contribution in [3.63, 3.8) is 0 Å². The number of amides is 11. The number of nitrogens with zero attached hydrogens (tertiary/aromatic N) is 8. The fourth-order valence-electron chi connectivity index (χ4n) is 12.4. The number of nitrogens with one attached hydrogen (secondary N) is 4. The first-order valence-electron chi connectivity index (χ1n) is 34.4. The van der Waals surface area contributed by atoms with Crippen molar-refractivity contribution in [3.8, 4) is 0 Å². The van der Waals surface area contributed by atoms with Crippen molar-refractivity contribution in [2.24, 2.45) is 41.4 Å². The van der Waals surface area contributed by atoms with E-state index >= 15 is 28.8 Å². The molecule has 538 valence electrons. The zero-order valence-electron chi connectivity index (χ0n) is 61.7. The summed E-state index contributed by atoms with van der Waals surface area (Å²) in [6.45, 7) is 32.0. The molecule has 94 heavy (non-hydrogen) atoms. The summed E-state index contributed by atoms with van der Waals surface area (Å²) in [6.07, 6.45) is 4.22. The third kappa shape index (κ3) is 23.6. The molecule has 0 aromatic rings. The summed E-state index contributed by atoms with van der Waals surface area (Å²) in [4.78, 5) is 175. The van der Waals surface area contributed by atoms with Crippen LogP contribution in [0, 0.1) is 41.4 Å². The van der Waals surface area contributed by atoms with Crippen molar-refractivity contribution in [1.29, 1.82) is 0 Å². The van der Waals surface area contributed by atoms with E-state index in [2.05, 4.69) is 26.2 Å². The predicted molar refractivity (Wildman–Crippen MR) is 364 cm³/mol. The number of likely N-dealkylation sites (tertiary alicyclic amines) is 1. The lowest BCUT2D eigenvalue weighted by atomic mass is 9.91. The van der Waals surface area contributed by atoms with Crippen molar-refractivity contribution in [1.82, 2.24) is 60.5 Å². The van der Waals surface area contributed by atoms with E-state index in [9.17, 15) is 29.1 Å². The molecule has 0 bridgehead atoms. The molecule has 0 aliphatic carbocycles. The van der Waals surface area contributed by atoms with Crippen molar-refractivity contribution in [2.45, 2.75) is 248 Å². The molecule has 13 atom stereocenters. The summed E-state index contributed by atoms with van der Waals surface area (Å²) < 4.78 is 6.43. The second kappa shape index (κ2) is 39.1. The van der Waals surface area contributed by atoms with E-state index in [0.29, 0.717) is 13.0 Å². The fourth-order valence-corrected chi connectivity index (χ4v) is 12.4. The van der Waals surface area contributed by atoms with Gasteiger partial charge in [-0.1, -0.05) is 116 Å². The summed E-state index contributed by atoms with van der Waals surface area (Å²) in [6, 6.07) is -12.7. The van der Waals surface area contributed by atoms with Gasteiger partial charge in [-0.25, -0.2) is 0 Å². The Kier molecular flexibility index (Phi) is 34.9. The fraction of sp³-hybridized carbons (Fsp3) is 0.812. The zero-order chi connectivity index (χ0) is 72.1. The molecule has 0 radical (unpaired) electrons. The van der Waals surface area contributed by atoms with E-state index in [1.54, 1.807) is 54.5 Å². The number of hydrogen-bond donors (Lipinski definition) is 5. The van der Waals surface area contributed by atoms with Crippen LogP contribution >= 0.6 is 0 Å². The smallest absolute Gasteiger partial charge is 0.273 e. The summed E-state index contributed by atoms with van der Waals surface area (Å²) in [7, 11) is 9.93. The Morgan fingerprint density at radius 3 is 1.37 bits per heavy atom. The molecule has 2 aliphatic rings. The normalized spacial score (nSPS) is 27.5. The van der Waals surface area contributed by atoms with Gasteiger partial charge in [-0.2, -0.15) is 0 Å². The van der Waals surface area contributed by atoms with Crippen LogP contribution in [0.1, 0.15) is 175 Å². The molecular weight excluding hydrogens is 1200 g/mol. The summed E-state index contributed by atoms with van der Waals surface area (Å²) in [5.74, 6) is -10.2. The van der Waals surface area contributed by atoms with Crippen LogP contribution in [0.5, 0.6) is 0 Å². The maximum atomic E-state index is 15.4. The number of allylic oxidation sites excluding steroid dienone is 2. The van der Waals surface area contributed by atoms with Gasteiger partial charge in [-0.3, -0.25) is 52.7 Å². The van der Waals surface area contributed by atoms with Crippen LogP contribution in [-0.2, 0) is 57.5 Å². The van der Waals surface area contributed by atoms with Gasteiger partial charge in [0.2, 0.25) is 65.3 Å².